The lowest BCUT2D eigenvalue weighted by Crippen LogP contribution is -2.50. The van der Waals surface area contributed by atoms with Crippen LogP contribution < -0.4 is 10.7 Å². The van der Waals surface area contributed by atoms with Gasteiger partial charge in [-0.1, -0.05) is 18.2 Å². The highest BCUT2D eigenvalue weighted by atomic mass is 19.4. The van der Waals surface area contributed by atoms with Crippen molar-refractivity contribution in [2.24, 2.45) is 5.10 Å². The second kappa shape index (κ2) is 5.10. The summed E-state index contributed by atoms with van der Waals surface area (Å²) >= 11 is 0. The number of aromatic hydroxyl groups is 1. The fourth-order valence-electron chi connectivity index (χ4n) is 2.05. The van der Waals surface area contributed by atoms with Crippen molar-refractivity contribution >= 4 is 12.0 Å². The molecule has 114 valence electrons. The molecule has 0 bridgehead atoms. The number of rotatable bonds is 2. The van der Waals surface area contributed by atoms with Gasteiger partial charge in [-0.25, -0.2) is 0 Å². The monoisotopic (exact) mass is 309 g/mol. The second-order valence-corrected chi connectivity index (χ2v) is 4.36. The lowest BCUT2D eigenvalue weighted by Gasteiger charge is -2.30. The molecule has 0 atom stereocenters. The van der Waals surface area contributed by atoms with Crippen molar-refractivity contribution in [2.75, 3.05) is 5.12 Å². The Kier molecular flexibility index (Phi) is 3.24. The number of hydrazine groups is 2. The molecule has 0 radical (unpaired) electrons. The number of para-hydroxylation sites is 1. The minimum absolute atomic E-state index is 0.0749. The van der Waals surface area contributed by atoms with E-state index < -0.39 is 6.30 Å². The van der Waals surface area contributed by atoms with Crippen LogP contribution in [-0.2, 0) is 0 Å². The molecule has 0 unspecified atom stereocenters. The molecule has 2 aromatic rings. The van der Waals surface area contributed by atoms with Gasteiger partial charge in [0, 0.05) is 11.8 Å². The summed E-state index contributed by atoms with van der Waals surface area (Å²) in [4.78, 5) is 4.10. The van der Waals surface area contributed by atoms with Crippen LogP contribution in [0.25, 0.3) is 11.3 Å². The number of halogens is 3. The summed E-state index contributed by atoms with van der Waals surface area (Å²) in [6.45, 7) is 0. The van der Waals surface area contributed by atoms with Crippen LogP contribution in [0.1, 0.15) is 0 Å². The van der Waals surface area contributed by atoms with E-state index in [1.165, 1.54) is 18.3 Å². The van der Waals surface area contributed by atoms with Crippen LogP contribution in [0, 0.1) is 0 Å². The van der Waals surface area contributed by atoms with Gasteiger partial charge >= 0.3 is 6.30 Å². The van der Waals surface area contributed by atoms with Crippen molar-refractivity contribution in [3.05, 3.63) is 42.6 Å². The maximum atomic E-state index is 13.0. The van der Waals surface area contributed by atoms with E-state index in [0.29, 0.717) is 22.7 Å². The minimum atomic E-state index is -4.70. The Hall–Kier alpha value is -2.97. The first-order valence-corrected chi connectivity index (χ1v) is 6.17. The minimum Gasteiger partial charge on any atom is -0.506 e. The molecule has 2 N–H and O–H groups in total. The molecule has 1 aliphatic heterocycles. The number of aromatic nitrogens is 1. The van der Waals surface area contributed by atoms with Gasteiger partial charge in [-0.2, -0.15) is 15.7 Å². The van der Waals surface area contributed by atoms with E-state index in [1.807, 2.05) is 0 Å². The zero-order chi connectivity index (χ0) is 15.7. The number of alkyl halides is 3. The van der Waals surface area contributed by atoms with E-state index in [4.69, 9.17) is 0 Å². The second-order valence-electron chi connectivity index (χ2n) is 4.36. The van der Waals surface area contributed by atoms with Crippen molar-refractivity contribution in [1.82, 2.24) is 15.5 Å². The van der Waals surface area contributed by atoms with E-state index in [-0.39, 0.29) is 16.4 Å². The predicted molar refractivity (Wildman–Crippen MR) is 73.3 cm³/mol. The molecule has 0 fully saturated rings. The Bertz CT molecular complexity index is 705. The normalized spacial score (nSPS) is 14.3. The highest BCUT2D eigenvalue weighted by Gasteiger charge is 2.44. The molecule has 1 aromatic carbocycles. The van der Waals surface area contributed by atoms with E-state index in [0.717, 1.165) is 0 Å². The Morgan fingerprint density at radius 3 is 2.59 bits per heavy atom. The van der Waals surface area contributed by atoms with Crippen LogP contribution in [0.2, 0.25) is 0 Å². The van der Waals surface area contributed by atoms with E-state index >= 15 is 0 Å². The van der Waals surface area contributed by atoms with Crippen molar-refractivity contribution < 1.29 is 18.3 Å². The number of hydrazone groups is 1. The van der Waals surface area contributed by atoms with Gasteiger partial charge < -0.3 is 5.11 Å². The van der Waals surface area contributed by atoms with Crippen molar-refractivity contribution in [3.8, 4) is 17.0 Å². The lowest BCUT2D eigenvalue weighted by molar-refractivity contribution is -0.218. The van der Waals surface area contributed by atoms with Crippen LogP contribution >= 0.6 is 0 Å². The maximum Gasteiger partial charge on any atom is 0.505 e. The number of pyridine rings is 1. The number of phenols is 1. The Labute approximate surface area is 123 Å². The number of anilines is 1. The molecule has 1 aromatic heterocycles. The fourth-order valence-corrected chi connectivity index (χ4v) is 2.05. The van der Waals surface area contributed by atoms with Gasteiger partial charge in [-0.05, 0) is 18.2 Å². The molecular weight excluding hydrogens is 299 g/mol. The molecule has 0 saturated carbocycles. The van der Waals surface area contributed by atoms with Crippen LogP contribution in [0.3, 0.4) is 0 Å². The summed E-state index contributed by atoms with van der Waals surface area (Å²) in [6, 6.07) is 9.39. The smallest absolute Gasteiger partial charge is 0.505 e. The first-order chi connectivity index (χ1) is 10.5. The predicted octanol–water partition coefficient (Wildman–Crippen LogP) is 2.46. The number of hydrogen-bond acceptors (Lipinski definition) is 6. The number of phenolic OH excluding ortho intramolecular Hbond substituents is 1. The Morgan fingerprint density at radius 1 is 1.09 bits per heavy atom. The number of nitrogens with zero attached hydrogens (tertiary/aromatic N) is 4. The third-order valence-electron chi connectivity index (χ3n) is 2.96. The van der Waals surface area contributed by atoms with Gasteiger partial charge in [0.15, 0.2) is 0 Å². The largest absolute Gasteiger partial charge is 0.506 e. The quantitative estimate of drug-likeness (QED) is 0.834. The summed E-state index contributed by atoms with van der Waals surface area (Å²) in [7, 11) is 0. The van der Waals surface area contributed by atoms with E-state index in [9.17, 15) is 18.3 Å². The van der Waals surface area contributed by atoms with Gasteiger partial charge in [-0.3, -0.25) is 4.98 Å². The molecule has 1 aliphatic rings. The van der Waals surface area contributed by atoms with Gasteiger partial charge in [0.05, 0.1) is 5.69 Å². The molecule has 0 aliphatic carbocycles. The Morgan fingerprint density at radius 2 is 1.91 bits per heavy atom. The zero-order valence-corrected chi connectivity index (χ0v) is 11.0. The maximum absolute atomic E-state index is 13.0. The molecule has 0 spiro atoms. The average Bonchev–Trinajstić information content (AvgIpc) is 2.97. The van der Waals surface area contributed by atoms with Crippen molar-refractivity contribution in [3.63, 3.8) is 0 Å². The van der Waals surface area contributed by atoms with E-state index in [2.05, 4.69) is 15.6 Å². The summed E-state index contributed by atoms with van der Waals surface area (Å²) in [5.41, 5.74) is 2.85. The lowest BCUT2D eigenvalue weighted by atomic mass is 10.1. The van der Waals surface area contributed by atoms with Gasteiger partial charge in [0.2, 0.25) is 0 Å². The van der Waals surface area contributed by atoms with Crippen LogP contribution in [-0.4, -0.2) is 27.7 Å². The third-order valence-corrected chi connectivity index (χ3v) is 2.96. The molecule has 0 amide bonds. The topological polar surface area (TPSA) is 64.0 Å². The fraction of sp³-hybridized carbons (Fsp3) is 0.0769. The van der Waals surface area contributed by atoms with Gasteiger partial charge in [0.25, 0.3) is 0 Å². The molecule has 2 heterocycles. The highest BCUT2D eigenvalue weighted by Crippen LogP contribution is 2.39. The number of benzene rings is 1. The number of nitrogens with one attached hydrogen (secondary N) is 1. The van der Waals surface area contributed by atoms with Crippen LogP contribution in [0.4, 0.5) is 18.9 Å². The SMILES string of the molecule is Oc1cccc(-c2ccccn2)c1N1NN=CN1C(F)(F)F. The first-order valence-electron chi connectivity index (χ1n) is 6.17. The molecule has 22 heavy (non-hydrogen) atoms. The van der Waals surface area contributed by atoms with Gasteiger partial charge in [-0.15, -0.1) is 18.3 Å². The zero-order valence-electron chi connectivity index (χ0n) is 11.0. The molecular formula is C13H10F3N5O. The number of hydrogen-bond donors (Lipinski definition) is 2. The molecule has 6 nitrogen and oxygen atoms in total. The van der Waals surface area contributed by atoms with E-state index in [1.54, 1.807) is 24.3 Å². The third kappa shape index (κ3) is 2.36. The van der Waals surface area contributed by atoms with Crippen LogP contribution in [0.5, 0.6) is 5.75 Å². The summed E-state index contributed by atoms with van der Waals surface area (Å²) in [6.07, 6.45) is -2.61. The molecule has 0 saturated heterocycles. The standard InChI is InChI=1S/C13H10F3N5O/c14-13(15,16)20-8-18-19-21(20)12-9(4-3-6-11(12)22)10-5-1-2-7-17-10/h1-8,19,22H. The highest BCUT2D eigenvalue weighted by molar-refractivity contribution is 5.82. The molecule has 3 rings (SSSR count). The average molecular weight is 309 g/mol. The Balaban J connectivity index is 2.12. The summed E-state index contributed by atoms with van der Waals surface area (Å²) in [5, 5.41) is 14.0. The van der Waals surface area contributed by atoms with Crippen LogP contribution in [0.15, 0.2) is 47.7 Å². The summed E-state index contributed by atoms with van der Waals surface area (Å²) < 4.78 is 39.1. The van der Waals surface area contributed by atoms with Gasteiger partial charge in [0.1, 0.15) is 17.8 Å². The van der Waals surface area contributed by atoms with Crippen molar-refractivity contribution in [2.45, 2.75) is 6.30 Å². The first kappa shape index (κ1) is 14.0. The van der Waals surface area contributed by atoms with Crippen molar-refractivity contribution in [1.29, 1.82) is 0 Å². The molecule has 9 heteroatoms. The summed E-state index contributed by atoms with van der Waals surface area (Å²) in [5.74, 6) is -0.338.